The summed E-state index contributed by atoms with van der Waals surface area (Å²) in [5.41, 5.74) is 0. The largest absolute Gasteiger partial charge is 0.405 e. The van der Waals surface area contributed by atoms with E-state index in [1.165, 1.54) is 0 Å². The third-order valence-corrected chi connectivity index (χ3v) is 3.62. The molecule has 20 heavy (non-hydrogen) atoms. The topological polar surface area (TPSA) is 58.6 Å². The molecule has 0 bridgehead atoms. The molecule has 2 aliphatic rings. The Bertz CT molecular complexity index is 381. The van der Waals surface area contributed by atoms with Gasteiger partial charge in [-0.25, -0.2) is 0 Å². The lowest BCUT2D eigenvalue weighted by molar-refractivity contribution is -0.140. The maximum absolute atomic E-state index is 12.0. The number of carbonyl (C=O) groups excluding carboxylic acids is 2. The fourth-order valence-electron chi connectivity index (χ4n) is 2.59. The second kappa shape index (κ2) is 5.99. The number of ether oxygens (including phenoxy) is 1. The van der Waals surface area contributed by atoms with Gasteiger partial charge in [0.15, 0.2) is 0 Å². The Morgan fingerprint density at radius 1 is 1.35 bits per heavy atom. The lowest BCUT2D eigenvalue weighted by Crippen LogP contribution is -2.42. The van der Waals surface area contributed by atoms with Gasteiger partial charge in [0.1, 0.15) is 6.54 Å². The molecule has 1 unspecified atom stereocenters. The molecule has 2 heterocycles. The molecule has 0 aromatic rings. The van der Waals surface area contributed by atoms with Crippen molar-refractivity contribution < 1.29 is 27.5 Å². The van der Waals surface area contributed by atoms with Crippen molar-refractivity contribution in [2.45, 2.75) is 31.5 Å². The average Bonchev–Trinajstić information content (AvgIpc) is 2.78. The fraction of sp³-hybridized carbons (Fsp3) is 0.833. The quantitative estimate of drug-likeness (QED) is 0.833. The van der Waals surface area contributed by atoms with Gasteiger partial charge >= 0.3 is 6.18 Å². The van der Waals surface area contributed by atoms with Gasteiger partial charge in [-0.15, -0.1) is 0 Å². The molecule has 0 aromatic heterocycles. The van der Waals surface area contributed by atoms with Crippen molar-refractivity contribution in [1.82, 2.24) is 10.2 Å². The Labute approximate surface area is 114 Å². The maximum Gasteiger partial charge on any atom is 0.405 e. The minimum atomic E-state index is -4.43. The summed E-state index contributed by atoms with van der Waals surface area (Å²) >= 11 is 0. The molecular weight excluding hydrogens is 277 g/mol. The van der Waals surface area contributed by atoms with Crippen molar-refractivity contribution in [3.63, 3.8) is 0 Å². The van der Waals surface area contributed by atoms with Crippen LogP contribution in [0.25, 0.3) is 0 Å². The summed E-state index contributed by atoms with van der Waals surface area (Å²) in [7, 11) is 0. The van der Waals surface area contributed by atoms with Crippen molar-refractivity contribution >= 4 is 11.8 Å². The Balaban J connectivity index is 1.86. The smallest absolute Gasteiger partial charge is 0.381 e. The van der Waals surface area contributed by atoms with Gasteiger partial charge in [-0.3, -0.25) is 9.59 Å². The number of nitrogens with one attached hydrogen (secondary N) is 1. The fourth-order valence-corrected chi connectivity index (χ4v) is 2.59. The van der Waals surface area contributed by atoms with Crippen LogP contribution in [0, 0.1) is 5.92 Å². The van der Waals surface area contributed by atoms with Gasteiger partial charge in [-0.2, -0.15) is 13.2 Å². The van der Waals surface area contributed by atoms with Crippen molar-refractivity contribution in [2.75, 3.05) is 26.3 Å². The van der Waals surface area contributed by atoms with Crippen molar-refractivity contribution in [3.8, 4) is 0 Å². The third kappa shape index (κ3) is 3.84. The second-order valence-electron chi connectivity index (χ2n) is 5.12. The highest BCUT2D eigenvalue weighted by Gasteiger charge is 2.39. The summed E-state index contributed by atoms with van der Waals surface area (Å²) in [6.45, 7) is -0.0141. The first-order valence-electron chi connectivity index (χ1n) is 6.58. The van der Waals surface area contributed by atoms with E-state index in [0.29, 0.717) is 26.1 Å². The normalized spacial score (nSPS) is 25.1. The average molecular weight is 294 g/mol. The second-order valence-corrected chi connectivity index (χ2v) is 5.12. The Morgan fingerprint density at radius 2 is 2.00 bits per heavy atom. The summed E-state index contributed by atoms with van der Waals surface area (Å²) in [4.78, 5) is 25.1. The molecule has 5 nitrogen and oxygen atoms in total. The zero-order valence-electron chi connectivity index (χ0n) is 10.9. The molecule has 0 aliphatic carbocycles. The molecular formula is C12H17F3N2O3. The van der Waals surface area contributed by atoms with Gasteiger partial charge in [-0.05, 0) is 12.8 Å². The predicted octanol–water partition coefficient (Wildman–Crippen LogP) is 0.692. The number of hydrogen-bond acceptors (Lipinski definition) is 3. The standard InChI is InChI=1S/C12H17F3N2O3/c13-12(14,15)7-16-11(19)8-5-10(18)17(6-8)9-1-3-20-4-2-9/h8-9H,1-7H2,(H,16,19). The monoisotopic (exact) mass is 294 g/mol. The molecule has 0 aromatic carbocycles. The number of alkyl halides is 3. The molecule has 8 heteroatoms. The SMILES string of the molecule is O=C(NCC(F)(F)F)C1CC(=O)N(C2CCOCC2)C1. The van der Waals surface area contributed by atoms with Crippen LogP contribution >= 0.6 is 0 Å². The van der Waals surface area contributed by atoms with Crippen molar-refractivity contribution in [2.24, 2.45) is 5.92 Å². The first kappa shape index (κ1) is 15.1. The highest BCUT2D eigenvalue weighted by molar-refractivity contribution is 5.89. The molecule has 1 N–H and O–H groups in total. The molecule has 2 rings (SSSR count). The van der Waals surface area contributed by atoms with Gasteiger partial charge in [0.2, 0.25) is 11.8 Å². The molecule has 1 atom stereocenters. The van der Waals surface area contributed by atoms with Crippen LogP contribution in [-0.2, 0) is 14.3 Å². The van der Waals surface area contributed by atoms with Crippen LogP contribution < -0.4 is 5.32 Å². The van der Waals surface area contributed by atoms with Crippen LogP contribution in [0.5, 0.6) is 0 Å². The zero-order valence-corrected chi connectivity index (χ0v) is 10.9. The van der Waals surface area contributed by atoms with Gasteiger partial charge < -0.3 is 15.0 Å². The molecule has 2 saturated heterocycles. The number of halogens is 3. The number of rotatable bonds is 3. The molecule has 0 spiro atoms. The number of likely N-dealkylation sites (tertiary alicyclic amines) is 1. The molecule has 114 valence electrons. The van der Waals surface area contributed by atoms with Gasteiger partial charge in [0.05, 0.1) is 5.92 Å². The van der Waals surface area contributed by atoms with Crippen LogP contribution in [0.15, 0.2) is 0 Å². The number of hydrogen-bond donors (Lipinski definition) is 1. The van der Waals surface area contributed by atoms with E-state index >= 15 is 0 Å². The molecule has 2 amide bonds. The number of carbonyl (C=O) groups is 2. The summed E-state index contributed by atoms with van der Waals surface area (Å²) in [5.74, 6) is -1.55. The Hall–Kier alpha value is -1.31. The Kier molecular flexibility index (Phi) is 4.52. The highest BCUT2D eigenvalue weighted by atomic mass is 19.4. The lowest BCUT2D eigenvalue weighted by Gasteiger charge is -2.31. The van der Waals surface area contributed by atoms with E-state index in [9.17, 15) is 22.8 Å². The Morgan fingerprint density at radius 3 is 2.60 bits per heavy atom. The summed E-state index contributed by atoms with van der Waals surface area (Å²) in [6.07, 6.45) is -3.02. The third-order valence-electron chi connectivity index (χ3n) is 3.62. The highest BCUT2D eigenvalue weighted by Crippen LogP contribution is 2.25. The summed E-state index contributed by atoms with van der Waals surface area (Å²) < 4.78 is 41.3. The molecule has 2 aliphatic heterocycles. The van der Waals surface area contributed by atoms with Gasteiger partial charge in [0.25, 0.3) is 0 Å². The van der Waals surface area contributed by atoms with Crippen LogP contribution in [0.3, 0.4) is 0 Å². The van der Waals surface area contributed by atoms with Crippen LogP contribution in [-0.4, -0.2) is 55.2 Å². The molecule has 0 radical (unpaired) electrons. The van der Waals surface area contributed by atoms with E-state index in [-0.39, 0.29) is 24.9 Å². The first-order valence-corrected chi connectivity index (χ1v) is 6.58. The van der Waals surface area contributed by atoms with E-state index in [2.05, 4.69) is 0 Å². The molecule has 2 fully saturated rings. The van der Waals surface area contributed by atoms with E-state index in [4.69, 9.17) is 4.74 Å². The summed E-state index contributed by atoms with van der Waals surface area (Å²) in [6, 6.07) is 0.0386. The van der Waals surface area contributed by atoms with Crippen LogP contribution in [0.2, 0.25) is 0 Å². The molecule has 0 saturated carbocycles. The van der Waals surface area contributed by atoms with Gasteiger partial charge in [-0.1, -0.05) is 0 Å². The number of nitrogens with zero attached hydrogens (tertiary/aromatic N) is 1. The lowest BCUT2D eigenvalue weighted by atomic mass is 10.1. The van der Waals surface area contributed by atoms with E-state index in [0.717, 1.165) is 0 Å². The zero-order chi connectivity index (χ0) is 14.8. The first-order chi connectivity index (χ1) is 9.37. The van der Waals surface area contributed by atoms with E-state index in [1.807, 2.05) is 5.32 Å². The maximum atomic E-state index is 12.0. The van der Waals surface area contributed by atoms with Gasteiger partial charge in [0, 0.05) is 32.2 Å². The number of amides is 2. The minimum absolute atomic E-state index is 0.0128. The van der Waals surface area contributed by atoms with Crippen molar-refractivity contribution in [3.05, 3.63) is 0 Å². The van der Waals surface area contributed by atoms with E-state index < -0.39 is 24.5 Å². The van der Waals surface area contributed by atoms with Crippen molar-refractivity contribution in [1.29, 1.82) is 0 Å². The minimum Gasteiger partial charge on any atom is -0.381 e. The van der Waals surface area contributed by atoms with Crippen LogP contribution in [0.4, 0.5) is 13.2 Å². The predicted molar refractivity (Wildman–Crippen MR) is 62.7 cm³/mol. The summed E-state index contributed by atoms with van der Waals surface area (Å²) in [5, 5.41) is 1.84. The van der Waals surface area contributed by atoms with Crippen LogP contribution in [0.1, 0.15) is 19.3 Å². The van der Waals surface area contributed by atoms with E-state index in [1.54, 1.807) is 4.90 Å².